The Morgan fingerprint density at radius 3 is 2.72 bits per heavy atom. The van der Waals surface area contributed by atoms with Crippen LogP contribution in [0.5, 0.6) is 0 Å². The Bertz CT molecular complexity index is 841. The zero-order valence-corrected chi connectivity index (χ0v) is 18.5. The summed E-state index contributed by atoms with van der Waals surface area (Å²) in [7, 11) is 2.13. The maximum Gasteiger partial charge on any atom is 0.250 e. The lowest BCUT2D eigenvalue weighted by atomic mass is 9.95. The molecule has 0 bridgehead atoms. The van der Waals surface area contributed by atoms with Gasteiger partial charge in [-0.05, 0) is 62.9 Å². The first kappa shape index (κ1) is 21.9. The van der Waals surface area contributed by atoms with Crippen LogP contribution in [-0.2, 0) is 22.4 Å². The molecular weight excluding hydrogens is 406 g/mol. The number of hydrogen-bond acceptors (Lipinski definition) is 4. The highest BCUT2D eigenvalue weighted by atomic mass is 35.5. The zero-order chi connectivity index (χ0) is 21.0. The molecule has 3 rings (SSSR count). The fourth-order valence-electron chi connectivity index (χ4n) is 3.62. The molecule has 5 nitrogen and oxygen atoms in total. The Balaban J connectivity index is 1.70. The fourth-order valence-corrected chi connectivity index (χ4v) is 4.85. The molecule has 7 heteroatoms. The zero-order valence-electron chi connectivity index (χ0n) is 17.0. The van der Waals surface area contributed by atoms with Gasteiger partial charge in [0, 0.05) is 18.8 Å². The summed E-state index contributed by atoms with van der Waals surface area (Å²) in [6.07, 6.45) is 6.36. The van der Waals surface area contributed by atoms with E-state index < -0.39 is 5.54 Å². The summed E-state index contributed by atoms with van der Waals surface area (Å²) in [5.74, 6) is -0.440. The van der Waals surface area contributed by atoms with Crippen molar-refractivity contribution >= 4 is 40.9 Å². The normalized spacial score (nSPS) is 21.3. The number of halogens is 1. The third-order valence-corrected chi connectivity index (χ3v) is 6.99. The number of amides is 2. The van der Waals surface area contributed by atoms with Crippen LogP contribution in [0.2, 0.25) is 0 Å². The first-order chi connectivity index (χ1) is 13.8. The van der Waals surface area contributed by atoms with E-state index in [4.69, 9.17) is 11.6 Å². The van der Waals surface area contributed by atoms with Crippen LogP contribution in [0.1, 0.15) is 30.9 Å². The monoisotopic (exact) mass is 433 g/mol. The fraction of sp³-hybridized carbons (Fsp3) is 0.455. The van der Waals surface area contributed by atoms with E-state index in [2.05, 4.69) is 41.3 Å². The van der Waals surface area contributed by atoms with Crippen molar-refractivity contribution in [3.05, 3.63) is 52.4 Å². The van der Waals surface area contributed by atoms with E-state index in [1.807, 2.05) is 12.1 Å². The van der Waals surface area contributed by atoms with Gasteiger partial charge >= 0.3 is 0 Å². The third kappa shape index (κ3) is 5.44. The van der Waals surface area contributed by atoms with Crippen molar-refractivity contribution in [2.75, 3.05) is 25.5 Å². The molecule has 0 spiro atoms. The molecule has 29 heavy (non-hydrogen) atoms. The van der Waals surface area contributed by atoms with Crippen molar-refractivity contribution in [3.8, 4) is 0 Å². The van der Waals surface area contributed by atoms with Crippen LogP contribution in [-0.4, -0.2) is 47.6 Å². The number of benzene rings is 1. The minimum absolute atomic E-state index is 0.189. The van der Waals surface area contributed by atoms with Gasteiger partial charge < -0.3 is 15.5 Å². The first-order valence-corrected chi connectivity index (χ1v) is 11.1. The van der Waals surface area contributed by atoms with Crippen LogP contribution in [0.4, 0.5) is 5.69 Å². The molecule has 0 aliphatic carbocycles. The van der Waals surface area contributed by atoms with Gasteiger partial charge in [-0.3, -0.25) is 9.59 Å². The van der Waals surface area contributed by atoms with Crippen LogP contribution < -0.4 is 10.6 Å². The summed E-state index contributed by atoms with van der Waals surface area (Å²) in [6, 6.07) is 6.09. The summed E-state index contributed by atoms with van der Waals surface area (Å²) in [4.78, 5) is 28.1. The number of rotatable bonds is 6. The van der Waals surface area contributed by atoms with Gasteiger partial charge in [0.15, 0.2) is 0 Å². The molecule has 1 aromatic rings. The molecule has 1 aromatic carbocycles. The standard InChI is InChI=1S/C22H28ClN3O2S/c1-4-11-22(2,25-20(27)18-7-8-19(23)29-18)21(28)24-17-6-5-15-9-12-26(3)13-10-16(15)14-17/h4-6,8,14,18H,1,7,9-13H2,2-3H3,(H,24,28)(H,25,27). The van der Waals surface area contributed by atoms with Gasteiger partial charge in [-0.15, -0.1) is 18.3 Å². The number of fused-ring (bicyclic) bond motifs is 1. The van der Waals surface area contributed by atoms with Crippen LogP contribution >= 0.6 is 23.4 Å². The number of hydrogen-bond donors (Lipinski definition) is 2. The highest BCUT2D eigenvalue weighted by molar-refractivity contribution is 8.06. The van der Waals surface area contributed by atoms with Crippen LogP contribution in [0, 0.1) is 0 Å². The number of likely N-dealkylation sites (N-methyl/N-ethyl adjacent to an activating group) is 1. The molecular formula is C22H28ClN3O2S. The number of carbonyl (C=O) groups is 2. The largest absolute Gasteiger partial charge is 0.341 e. The highest BCUT2D eigenvalue weighted by Crippen LogP contribution is 2.35. The third-order valence-electron chi connectivity index (χ3n) is 5.48. The quantitative estimate of drug-likeness (QED) is 0.671. The molecule has 0 aromatic heterocycles. The van der Waals surface area contributed by atoms with Crippen molar-refractivity contribution < 1.29 is 9.59 Å². The average Bonchev–Trinajstić information content (AvgIpc) is 3.03. The van der Waals surface area contributed by atoms with Crippen LogP contribution in [0.3, 0.4) is 0 Å². The van der Waals surface area contributed by atoms with Crippen molar-refractivity contribution in [1.82, 2.24) is 10.2 Å². The lowest BCUT2D eigenvalue weighted by Gasteiger charge is -2.30. The second-order valence-electron chi connectivity index (χ2n) is 7.91. The molecule has 2 heterocycles. The summed E-state index contributed by atoms with van der Waals surface area (Å²) in [5.41, 5.74) is 2.27. The summed E-state index contributed by atoms with van der Waals surface area (Å²) < 4.78 is 0.621. The molecule has 2 atom stereocenters. The Kier molecular flexibility index (Phi) is 7.09. The summed E-state index contributed by atoms with van der Waals surface area (Å²) in [6.45, 7) is 7.53. The number of allylic oxidation sites excluding steroid dienone is 1. The maximum atomic E-state index is 13.1. The second kappa shape index (κ2) is 9.37. The SMILES string of the molecule is C=CCC(C)(NC(=O)C1CC=C(Cl)S1)C(=O)Nc1ccc2c(c1)CCN(C)CC2. The first-order valence-electron chi connectivity index (χ1n) is 9.88. The predicted octanol–water partition coefficient (Wildman–Crippen LogP) is 3.69. The average molecular weight is 434 g/mol. The van der Waals surface area contributed by atoms with Crippen molar-refractivity contribution in [3.63, 3.8) is 0 Å². The van der Waals surface area contributed by atoms with Crippen LogP contribution in [0.15, 0.2) is 41.3 Å². The Labute approximate surface area is 181 Å². The molecule has 0 fully saturated rings. The number of anilines is 1. The number of nitrogens with zero attached hydrogens (tertiary/aromatic N) is 1. The van der Waals surface area contributed by atoms with Gasteiger partial charge in [0.05, 0.1) is 9.61 Å². The number of thioether (sulfide) groups is 1. The number of nitrogens with one attached hydrogen (secondary N) is 2. The van der Waals surface area contributed by atoms with E-state index in [0.29, 0.717) is 17.2 Å². The smallest absolute Gasteiger partial charge is 0.250 e. The lowest BCUT2D eigenvalue weighted by Crippen LogP contribution is -2.56. The number of carbonyl (C=O) groups excluding carboxylic acids is 2. The van der Waals surface area contributed by atoms with Gasteiger partial charge in [-0.1, -0.05) is 29.8 Å². The Morgan fingerprint density at radius 1 is 1.34 bits per heavy atom. The molecule has 2 unspecified atom stereocenters. The topological polar surface area (TPSA) is 61.4 Å². The van der Waals surface area contributed by atoms with E-state index >= 15 is 0 Å². The van der Waals surface area contributed by atoms with Gasteiger partial charge in [-0.25, -0.2) is 0 Å². The predicted molar refractivity (Wildman–Crippen MR) is 121 cm³/mol. The van der Waals surface area contributed by atoms with E-state index in [0.717, 1.165) is 31.6 Å². The van der Waals surface area contributed by atoms with Gasteiger partial charge in [-0.2, -0.15) is 0 Å². The van der Waals surface area contributed by atoms with E-state index in [9.17, 15) is 9.59 Å². The van der Waals surface area contributed by atoms with Crippen molar-refractivity contribution in [2.24, 2.45) is 0 Å². The van der Waals surface area contributed by atoms with Crippen molar-refractivity contribution in [2.45, 2.75) is 43.4 Å². The van der Waals surface area contributed by atoms with Crippen LogP contribution in [0.25, 0.3) is 0 Å². The molecule has 2 aliphatic heterocycles. The van der Waals surface area contributed by atoms with Gasteiger partial charge in [0.1, 0.15) is 5.54 Å². The van der Waals surface area contributed by atoms with E-state index in [-0.39, 0.29) is 17.1 Å². The molecule has 0 saturated heterocycles. The van der Waals surface area contributed by atoms with Crippen molar-refractivity contribution in [1.29, 1.82) is 0 Å². The minimum atomic E-state index is -1.08. The molecule has 2 N–H and O–H groups in total. The minimum Gasteiger partial charge on any atom is -0.341 e. The second-order valence-corrected chi connectivity index (χ2v) is 9.78. The van der Waals surface area contributed by atoms with E-state index in [1.165, 1.54) is 22.9 Å². The molecule has 2 amide bonds. The lowest BCUT2D eigenvalue weighted by molar-refractivity contribution is -0.129. The van der Waals surface area contributed by atoms with Gasteiger partial charge in [0.25, 0.3) is 0 Å². The summed E-state index contributed by atoms with van der Waals surface area (Å²) >= 11 is 7.30. The van der Waals surface area contributed by atoms with Gasteiger partial charge in [0.2, 0.25) is 11.8 Å². The molecule has 0 saturated carbocycles. The Hall–Kier alpha value is -1.76. The molecule has 0 radical (unpaired) electrons. The maximum absolute atomic E-state index is 13.1. The molecule has 156 valence electrons. The Morgan fingerprint density at radius 2 is 2.07 bits per heavy atom. The summed E-state index contributed by atoms with van der Waals surface area (Å²) in [5, 5.41) is 5.60. The highest BCUT2D eigenvalue weighted by Gasteiger charge is 2.36. The molecule has 2 aliphatic rings. The van der Waals surface area contributed by atoms with E-state index in [1.54, 1.807) is 13.0 Å².